The van der Waals surface area contributed by atoms with Gasteiger partial charge in [-0.25, -0.2) is 4.98 Å². The van der Waals surface area contributed by atoms with Gasteiger partial charge < -0.3 is 9.88 Å². The Morgan fingerprint density at radius 2 is 2.08 bits per heavy atom. The van der Waals surface area contributed by atoms with Crippen LogP contribution in [0, 0.1) is 31.1 Å². The molecule has 0 radical (unpaired) electrons. The van der Waals surface area contributed by atoms with Crippen LogP contribution < -0.4 is 5.32 Å². The van der Waals surface area contributed by atoms with Crippen molar-refractivity contribution in [3.8, 4) is 6.07 Å². The van der Waals surface area contributed by atoms with Gasteiger partial charge in [0.1, 0.15) is 0 Å². The molecule has 0 spiro atoms. The summed E-state index contributed by atoms with van der Waals surface area (Å²) in [5.41, 5.74) is 3.30. The zero-order chi connectivity index (χ0) is 18.6. The number of nitrogens with zero attached hydrogens (tertiary/aromatic N) is 3. The highest BCUT2D eigenvalue weighted by molar-refractivity contribution is 8.00. The van der Waals surface area contributed by atoms with E-state index in [2.05, 4.69) is 41.7 Å². The summed E-state index contributed by atoms with van der Waals surface area (Å²) in [6.07, 6.45) is 0. The average molecular weight is 356 g/mol. The molecule has 2 rings (SSSR count). The molecule has 1 N–H and O–H groups in total. The predicted molar refractivity (Wildman–Crippen MR) is 102 cm³/mol. The Hall–Kier alpha value is -2.26. The van der Waals surface area contributed by atoms with Crippen LogP contribution in [-0.4, -0.2) is 20.7 Å². The topological polar surface area (TPSA) is 70.7 Å². The zero-order valence-corrected chi connectivity index (χ0v) is 16.1. The second-order valence-electron chi connectivity index (χ2n) is 6.51. The van der Waals surface area contributed by atoms with Crippen LogP contribution in [0.2, 0.25) is 0 Å². The third kappa shape index (κ3) is 4.86. The Labute approximate surface area is 153 Å². The maximum Gasteiger partial charge on any atom is 0.237 e. The summed E-state index contributed by atoms with van der Waals surface area (Å²) in [7, 11) is 0. The third-order valence-corrected chi connectivity index (χ3v) is 4.97. The maximum atomic E-state index is 12.5. The Kier molecular flexibility index (Phi) is 6.27. The van der Waals surface area contributed by atoms with E-state index in [-0.39, 0.29) is 11.2 Å². The fraction of sp³-hybridized carbons (Fsp3) is 0.421. The minimum absolute atomic E-state index is 0.102. The van der Waals surface area contributed by atoms with Gasteiger partial charge in [0, 0.05) is 17.9 Å². The molecule has 1 atom stereocenters. The van der Waals surface area contributed by atoms with E-state index in [1.165, 1.54) is 11.8 Å². The summed E-state index contributed by atoms with van der Waals surface area (Å²) in [6.45, 7) is 11.1. The van der Waals surface area contributed by atoms with E-state index in [1.54, 1.807) is 24.3 Å². The van der Waals surface area contributed by atoms with Gasteiger partial charge >= 0.3 is 0 Å². The van der Waals surface area contributed by atoms with Crippen molar-refractivity contribution in [2.24, 2.45) is 5.92 Å². The van der Waals surface area contributed by atoms with Crippen molar-refractivity contribution in [1.82, 2.24) is 9.55 Å². The van der Waals surface area contributed by atoms with Gasteiger partial charge in [-0.3, -0.25) is 4.79 Å². The number of amides is 1. The van der Waals surface area contributed by atoms with Gasteiger partial charge in [-0.1, -0.05) is 31.7 Å². The summed E-state index contributed by atoms with van der Waals surface area (Å²) < 4.78 is 2.19. The first kappa shape index (κ1) is 19.1. The summed E-state index contributed by atoms with van der Waals surface area (Å²) >= 11 is 1.46. The predicted octanol–water partition coefficient (Wildman–Crippen LogP) is 4.15. The maximum absolute atomic E-state index is 12.5. The SMILES string of the molecule is Cc1nc(S[C@@H](C)C(=O)Nc2cccc(C#N)c2)n(CC(C)C)c1C. The Morgan fingerprint density at radius 1 is 1.36 bits per heavy atom. The lowest BCUT2D eigenvalue weighted by Crippen LogP contribution is -2.23. The smallest absolute Gasteiger partial charge is 0.237 e. The number of hydrogen-bond donors (Lipinski definition) is 1. The van der Waals surface area contributed by atoms with Gasteiger partial charge in [-0.05, 0) is 44.9 Å². The van der Waals surface area contributed by atoms with Crippen LogP contribution in [0.4, 0.5) is 5.69 Å². The van der Waals surface area contributed by atoms with Crippen LogP contribution in [0.25, 0.3) is 0 Å². The number of imidazole rings is 1. The Bertz CT molecular complexity index is 804. The molecule has 1 aromatic carbocycles. The molecule has 0 bridgehead atoms. The van der Waals surface area contributed by atoms with Crippen LogP contribution in [0.15, 0.2) is 29.4 Å². The number of anilines is 1. The van der Waals surface area contributed by atoms with E-state index in [9.17, 15) is 4.79 Å². The van der Waals surface area contributed by atoms with Crippen molar-refractivity contribution in [3.63, 3.8) is 0 Å². The Balaban J connectivity index is 2.11. The molecule has 1 aromatic heterocycles. The van der Waals surface area contributed by atoms with Crippen molar-refractivity contribution in [2.75, 3.05) is 5.32 Å². The fourth-order valence-corrected chi connectivity index (χ4v) is 3.43. The van der Waals surface area contributed by atoms with Crippen LogP contribution in [0.5, 0.6) is 0 Å². The number of nitriles is 1. The molecular weight excluding hydrogens is 332 g/mol. The molecular formula is C19H24N4OS. The molecule has 25 heavy (non-hydrogen) atoms. The van der Waals surface area contributed by atoms with Gasteiger partial charge in [0.25, 0.3) is 0 Å². The van der Waals surface area contributed by atoms with Crippen LogP contribution >= 0.6 is 11.8 Å². The van der Waals surface area contributed by atoms with E-state index in [0.717, 1.165) is 23.1 Å². The second-order valence-corrected chi connectivity index (χ2v) is 7.82. The molecule has 0 aliphatic heterocycles. The lowest BCUT2D eigenvalue weighted by Gasteiger charge is -2.15. The van der Waals surface area contributed by atoms with Gasteiger partial charge in [0.15, 0.2) is 5.16 Å². The van der Waals surface area contributed by atoms with Crippen molar-refractivity contribution < 1.29 is 4.79 Å². The van der Waals surface area contributed by atoms with Gasteiger partial charge in [0.2, 0.25) is 5.91 Å². The number of carbonyl (C=O) groups excluding carboxylic acids is 1. The zero-order valence-electron chi connectivity index (χ0n) is 15.3. The molecule has 0 saturated carbocycles. The molecule has 1 amide bonds. The number of benzene rings is 1. The molecule has 5 nitrogen and oxygen atoms in total. The van der Waals surface area contributed by atoms with Crippen LogP contribution in [0.1, 0.15) is 37.7 Å². The number of thioether (sulfide) groups is 1. The normalized spacial score (nSPS) is 12.0. The van der Waals surface area contributed by atoms with E-state index < -0.39 is 0 Å². The summed E-state index contributed by atoms with van der Waals surface area (Å²) in [5, 5.41) is 12.4. The highest BCUT2D eigenvalue weighted by atomic mass is 32.2. The van der Waals surface area contributed by atoms with E-state index in [4.69, 9.17) is 5.26 Å². The minimum atomic E-state index is -0.294. The number of aromatic nitrogens is 2. The molecule has 2 aromatic rings. The van der Waals surface area contributed by atoms with Crippen LogP contribution in [-0.2, 0) is 11.3 Å². The van der Waals surface area contributed by atoms with E-state index in [1.807, 2.05) is 13.8 Å². The lowest BCUT2D eigenvalue weighted by atomic mass is 10.2. The molecule has 6 heteroatoms. The van der Waals surface area contributed by atoms with Crippen LogP contribution in [0.3, 0.4) is 0 Å². The summed E-state index contributed by atoms with van der Waals surface area (Å²) in [6, 6.07) is 8.99. The fourth-order valence-electron chi connectivity index (χ4n) is 2.42. The average Bonchev–Trinajstić information content (AvgIpc) is 2.82. The first-order valence-corrected chi connectivity index (χ1v) is 9.21. The van der Waals surface area contributed by atoms with Gasteiger partial charge in [0.05, 0.1) is 22.6 Å². The number of hydrogen-bond acceptors (Lipinski definition) is 4. The van der Waals surface area contributed by atoms with Crippen molar-refractivity contribution in [1.29, 1.82) is 5.26 Å². The third-order valence-electron chi connectivity index (χ3n) is 3.88. The van der Waals surface area contributed by atoms with E-state index >= 15 is 0 Å². The quantitative estimate of drug-likeness (QED) is 0.790. The molecule has 1 heterocycles. The van der Waals surface area contributed by atoms with E-state index in [0.29, 0.717) is 17.2 Å². The number of nitrogens with one attached hydrogen (secondary N) is 1. The Morgan fingerprint density at radius 3 is 2.72 bits per heavy atom. The molecule has 0 saturated heterocycles. The molecule has 0 aliphatic rings. The second kappa shape index (κ2) is 8.21. The first-order chi connectivity index (χ1) is 11.8. The molecule has 0 aliphatic carbocycles. The number of carbonyl (C=O) groups is 1. The molecule has 0 unspecified atom stereocenters. The standard InChI is InChI=1S/C19H24N4OS/c1-12(2)11-23-14(4)13(3)21-19(23)25-15(5)18(24)22-17-8-6-7-16(9-17)10-20/h6-9,12,15H,11H2,1-5H3,(H,22,24)/t15-/m0/s1. The lowest BCUT2D eigenvalue weighted by molar-refractivity contribution is -0.115. The highest BCUT2D eigenvalue weighted by Crippen LogP contribution is 2.27. The van der Waals surface area contributed by atoms with Gasteiger partial charge in [-0.15, -0.1) is 0 Å². The monoisotopic (exact) mass is 356 g/mol. The molecule has 0 fully saturated rings. The number of aryl methyl sites for hydroxylation is 1. The minimum Gasteiger partial charge on any atom is -0.325 e. The summed E-state index contributed by atoms with van der Waals surface area (Å²) in [4.78, 5) is 17.1. The largest absolute Gasteiger partial charge is 0.325 e. The van der Waals surface area contributed by atoms with Crippen molar-refractivity contribution in [2.45, 2.75) is 51.6 Å². The first-order valence-electron chi connectivity index (χ1n) is 8.33. The van der Waals surface area contributed by atoms with Crippen molar-refractivity contribution in [3.05, 3.63) is 41.2 Å². The highest BCUT2D eigenvalue weighted by Gasteiger charge is 2.20. The summed E-state index contributed by atoms with van der Waals surface area (Å²) in [5.74, 6) is 0.402. The van der Waals surface area contributed by atoms with Gasteiger partial charge in [-0.2, -0.15) is 5.26 Å². The van der Waals surface area contributed by atoms with Crippen molar-refractivity contribution >= 4 is 23.4 Å². The molecule has 132 valence electrons. The number of rotatable bonds is 6.